The summed E-state index contributed by atoms with van der Waals surface area (Å²) in [5, 5.41) is 6.79. The summed E-state index contributed by atoms with van der Waals surface area (Å²) in [6.45, 7) is 4.98. The van der Waals surface area contributed by atoms with Crippen LogP contribution in [0.3, 0.4) is 0 Å². The molecule has 5 rings (SSSR count). The number of esters is 1. The monoisotopic (exact) mass is 441 g/mol. The molecular formula is C27H27N3O3. The summed E-state index contributed by atoms with van der Waals surface area (Å²) < 4.78 is 10.5. The van der Waals surface area contributed by atoms with Crippen LogP contribution in [0.1, 0.15) is 29.7 Å². The Labute approximate surface area is 194 Å². The van der Waals surface area contributed by atoms with Crippen LogP contribution in [0.25, 0.3) is 11.1 Å². The zero-order valence-electron chi connectivity index (χ0n) is 18.9. The van der Waals surface area contributed by atoms with Crippen LogP contribution in [0.5, 0.6) is 11.5 Å². The van der Waals surface area contributed by atoms with E-state index in [2.05, 4.69) is 63.5 Å². The van der Waals surface area contributed by atoms with E-state index >= 15 is 0 Å². The molecule has 168 valence electrons. The number of methoxy groups -OCH3 is 1. The lowest BCUT2D eigenvalue weighted by atomic mass is 10.0. The van der Waals surface area contributed by atoms with Crippen molar-refractivity contribution in [1.82, 2.24) is 9.91 Å². The number of hydrogen-bond donors (Lipinski definition) is 0. The van der Waals surface area contributed by atoms with Gasteiger partial charge in [-0.3, -0.25) is 14.7 Å². The standard InChI is InChI=1S/C27H27N3O3/c1-19(31)33-25-12-11-20(17-26(25)32-2)18-28-30-15-13-29(14-16-30)27-23-9-5-3-7-21(23)22-8-4-6-10-24(22)27/h3-12,17-18,27H,13-16H2,1-2H3/b28-18-. The molecule has 6 nitrogen and oxygen atoms in total. The summed E-state index contributed by atoms with van der Waals surface area (Å²) in [7, 11) is 1.56. The van der Waals surface area contributed by atoms with Crippen LogP contribution < -0.4 is 9.47 Å². The average molecular weight is 442 g/mol. The number of carbonyl (C=O) groups is 1. The Kier molecular flexibility index (Phi) is 5.84. The van der Waals surface area contributed by atoms with Gasteiger partial charge in [-0.15, -0.1) is 0 Å². The molecule has 0 bridgehead atoms. The van der Waals surface area contributed by atoms with E-state index in [1.165, 1.54) is 29.2 Å². The van der Waals surface area contributed by atoms with Crippen molar-refractivity contribution in [1.29, 1.82) is 0 Å². The number of hydrazone groups is 1. The Morgan fingerprint density at radius 1 is 0.909 bits per heavy atom. The first kappa shape index (κ1) is 21.2. The fourth-order valence-electron chi connectivity index (χ4n) is 4.76. The van der Waals surface area contributed by atoms with Crippen molar-refractivity contribution in [2.24, 2.45) is 5.10 Å². The summed E-state index contributed by atoms with van der Waals surface area (Å²) in [6.07, 6.45) is 1.83. The molecule has 1 aliphatic heterocycles. The summed E-state index contributed by atoms with van der Waals surface area (Å²) in [4.78, 5) is 13.8. The van der Waals surface area contributed by atoms with Crippen molar-refractivity contribution < 1.29 is 14.3 Å². The minimum atomic E-state index is -0.375. The molecule has 33 heavy (non-hydrogen) atoms. The van der Waals surface area contributed by atoms with E-state index < -0.39 is 0 Å². The third kappa shape index (κ3) is 4.22. The van der Waals surface area contributed by atoms with E-state index in [-0.39, 0.29) is 5.97 Å². The zero-order chi connectivity index (χ0) is 22.8. The molecule has 1 aliphatic carbocycles. The van der Waals surface area contributed by atoms with Gasteiger partial charge in [0, 0.05) is 33.1 Å². The van der Waals surface area contributed by atoms with Crippen molar-refractivity contribution in [3.8, 4) is 22.6 Å². The van der Waals surface area contributed by atoms with Crippen molar-refractivity contribution in [3.05, 3.63) is 83.4 Å². The third-order valence-electron chi connectivity index (χ3n) is 6.27. The first-order chi connectivity index (χ1) is 16.1. The van der Waals surface area contributed by atoms with Crippen molar-refractivity contribution >= 4 is 12.2 Å². The molecule has 1 saturated heterocycles. The number of rotatable bonds is 5. The molecule has 0 spiro atoms. The topological polar surface area (TPSA) is 54.4 Å². The Bertz CT molecular complexity index is 1150. The van der Waals surface area contributed by atoms with Crippen molar-refractivity contribution in [2.45, 2.75) is 13.0 Å². The van der Waals surface area contributed by atoms with Crippen LogP contribution in [-0.2, 0) is 4.79 Å². The summed E-state index contributed by atoms with van der Waals surface area (Å²) in [6, 6.07) is 23.2. The van der Waals surface area contributed by atoms with E-state index in [1.807, 2.05) is 18.3 Å². The van der Waals surface area contributed by atoms with Gasteiger partial charge in [-0.2, -0.15) is 5.10 Å². The van der Waals surface area contributed by atoms with Crippen LogP contribution in [0.2, 0.25) is 0 Å². The van der Waals surface area contributed by atoms with Gasteiger partial charge < -0.3 is 9.47 Å². The Morgan fingerprint density at radius 3 is 2.15 bits per heavy atom. The highest BCUT2D eigenvalue weighted by Crippen LogP contribution is 2.46. The predicted molar refractivity (Wildman–Crippen MR) is 129 cm³/mol. The maximum absolute atomic E-state index is 11.2. The van der Waals surface area contributed by atoms with Crippen molar-refractivity contribution in [3.63, 3.8) is 0 Å². The van der Waals surface area contributed by atoms with E-state index in [0.29, 0.717) is 17.5 Å². The molecule has 0 radical (unpaired) electrons. The highest BCUT2D eigenvalue weighted by Gasteiger charge is 2.33. The van der Waals surface area contributed by atoms with Gasteiger partial charge in [0.05, 0.1) is 19.4 Å². The van der Waals surface area contributed by atoms with Gasteiger partial charge in [-0.05, 0) is 46.0 Å². The fraction of sp³-hybridized carbons (Fsp3) is 0.259. The van der Waals surface area contributed by atoms with Gasteiger partial charge >= 0.3 is 5.97 Å². The molecule has 2 aliphatic rings. The summed E-state index contributed by atoms with van der Waals surface area (Å²) in [5.41, 5.74) is 6.39. The number of carbonyl (C=O) groups excluding carboxylic acids is 1. The largest absolute Gasteiger partial charge is 0.493 e. The maximum atomic E-state index is 11.2. The maximum Gasteiger partial charge on any atom is 0.308 e. The number of benzene rings is 3. The summed E-state index contributed by atoms with van der Waals surface area (Å²) in [5.74, 6) is 0.547. The number of fused-ring (bicyclic) bond motifs is 3. The lowest BCUT2D eigenvalue weighted by molar-refractivity contribution is -0.132. The second-order valence-electron chi connectivity index (χ2n) is 8.32. The Balaban J connectivity index is 1.27. The number of ether oxygens (including phenoxy) is 2. The molecule has 0 unspecified atom stereocenters. The predicted octanol–water partition coefficient (Wildman–Crippen LogP) is 4.34. The quantitative estimate of drug-likeness (QED) is 0.335. The van der Waals surface area contributed by atoms with Crippen LogP contribution >= 0.6 is 0 Å². The Hall–Kier alpha value is -3.64. The van der Waals surface area contributed by atoms with Crippen LogP contribution in [0.15, 0.2) is 71.8 Å². The average Bonchev–Trinajstić information content (AvgIpc) is 3.18. The molecule has 0 atom stereocenters. The molecule has 6 heteroatoms. The lowest BCUT2D eigenvalue weighted by Crippen LogP contribution is -2.45. The molecule has 3 aromatic carbocycles. The van der Waals surface area contributed by atoms with Gasteiger partial charge in [0.2, 0.25) is 0 Å². The molecule has 0 amide bonds. The van der Waals surface area contributed by atoms with Crippen LogP contribution in [-0.4, -0.2) is 55.4 Å². The number of piperazine rings is 1. The van der Waals surface area contributed by atoms with E-state index in [4.69, 9.17) is 9.47 Å². The van der Waals surface area contributed by atoms with Crippen molar-refractivity contribution in [2.75, 3.05) is 33.3 Å². The minimum absolute atomic E-state index is 0.307. The first-order valence-electron chi connectivity index (χ1n) is 11.2. The molecule has 3 aromatic rings. The molecule has 0 aromatic heterocycles. The molecule has 1 heterocycles. The summed E-state index contributed by atoms with van der Waals surface area (Å²) >= 11 is 0. The molecule has 0 saturated carbocycles. The Morgan fingerprint density at radius 2 is 1.55 bits per heavy atom. The minimum Gasteiger partial charge on any atom is -0.493 e. The lowest BCUT2D eigenvalue weighted by Gasteiger charge is -2.37. The van der Waals surface area contributed by atoms with Crippen LogP contribution in [0, 0.1) is 0 Å². The van der Waals surface area contributed by atoms with Gasteiger partial charge in [0.25, 0.3) is 0 Å². The second kappa shape index (κ2) is 9.08. The van der Waals surface area contributed by atoms with E-state index in [0.717, 1.165) is 31.7 Å². The normalized spacial score (nSPS) is 16.0. The van der Waals surface area contributed by atoms with Gasteiger partial charge in [0.1, 0.15) is 0 Å². The van der Waals surface area contributed by atoms with E-state index in [9.17, 15) is 4.79 Å². The third-order valence-corrected chi connectivity index (χ3v) is 6.27. The van der Waals surface area contributed by atoms with Gasteiger partial charge in [0.15, 0.2) is 11.5 Å². The smallest absolute Gasteiger partial charge is 0.308 e. The zero-order valence-corrected chi connectivity index (χ0v) is 18.9. The van der Waals surface area contributed by atoms with Gasteiger partial charge in [-0.25, -0.2) is 0 Å². The number of hydrogen-bond acceptors (Lipinski definition) is 6. The molecule has 0 N–H and O–H groups in total. The number of nitrogens with zero attached hydrogens (tertiary/aromatic N) is 3. The van der Waals surface area contributed by atoms with E-state index in [1.54, 1.807) is 13.2 Å². The van der Waals surface area contributed by atoms with Gasteiger partial charge in [-0.1, -0.05) is 48.5 Å². The fourth-order valence-corrected chi connectivity index (χ4v) is 4.76. The SMILES string of the molecule is COc1cc(/C=N\N2CCN(C3c4ccccc4-c4ccccc43)CC2)ccc1OC(C)=O. The second-order valence-corrected chi connectivity index (χ2v) is 8.32. The highest BCUT2D eigenvalue weighted by atomic mass is 16.6. The molecular weight excluding hydrogens is 414 g/mol. The first-order valence-corrected chi connectivity index (χ1v) is 11.2. The molecule has 1 fully saturated rings. The van der Waals surface area contributed by atoms with Crippen LogP contribution in [0.4, 0.5) is 0 Å². The highest BCUT2D eigenvalue weighted by molar-refractivity contribution is 5.81.